The van der Waals surface area contributed by atoms with Gasteiger partial charge in [-0.25, -0.2) is 12.8 Å². The molecule has 0 spiro atoms. The Balaban J connectivity index is 2.39. The molecule has 0 aliphatic rings. The van der Waals surface area contributed by atoms with Crippen LogP contribution in [-0.2, 0) is 21.4 Å². The van der Waals surface area contributed by atoms with Gasteiger partial charge < -0.3 is 5.73 Å². The lowest BCUT2D eigenvalue weighted by molar-refractivity contribution is -0.118. The molecule has 23 heavy (non-hydrogen) atoms. The summed E-state index contributed by atoms with van der Waals surface area (Å²) >= 11 is 5.74. The van der Waals surface area contributed by atoms with Crippen molar-refractivity contribution in [2.24, 2.45) is 5.73 Å². The van der Waals surface area contributed by atoms with E-state index >= 15 is 0 Å². The van der Waals surface area contributed by atoms with Crippen LogP contribution >= 0.6 is 11.6 Å². The summed E-state index contributed by atoms with van der Waals surface area (Å²) in [6.07, 6.45) is 0. The Morgan fingerprint density at radius 1 is 1.13 bits per heavy atom. The first-order valence-electron chi connectivity index (χ1n) is 6.58. The fraction of sp³-hybridized carbons (Fsp3) is 0.133. The van der Waals surface area contributed by atoms with E-state index in [0.29, 0.717) is 5.02 Å². The molecule has 1 amide bonds. The molecule has 0 saturated carbocycles. The summed E-state index contributed by atoms with van der Waals surface area (Å²) < 4.78 is 39.9. The van der Waals surface area contributed by atoms with Gasteiger partial charge in [0.25, 0.3) is 0 Å². The lowest BCUT2D eigenvalue weighted by atomic mass is 10.2. The van der Waals surface area contributed by atoms with Crippen molar-refractivity contribution in [3.8, 4) is 0 Å². The molecule has 0 radical (unpaired) electrons. The maximum absolute atomic E-state index is 13.8. The molecule has 0 fully saturated rings. The maximum atomic E-state index is 13.8. The molecule has 0 heterocycles. The number of carbonyl (C=O) groups excluding carboxylic acids is 1. The van der Waals surface area contributed by atoms with Crippen LogP contribution in [0, 0.1) is 5.82 Å². The second kappa shape index (κ2) is 7.08. The van der Waals surface area contributed by atoms with Gasteiger partial charge in [-0.05, 0) is 30.3 Å². The second-order valence-electron chi connectivity index (χ2n) is 4.78. The Morgan fingerprint density at radius 3 is 2.30 bits per heavy atom. The largest absolute Gasteiger partial charge is 0.369 e. The van der Waals surface area contributed by atoms with Gasteiger partial charge in [0.1, 0.15) is 5.82 Å². The van der Waals surface area contributed by atoms with E-state index in [0.717, 1.165) is 4.31 Å². The topological polar surface area (TPSA) is 80.5 Å². The summed E-state index contributed by atoms with van der Waals surface area (Å²) in [6, 6.07) is 11.2. The van der Waals surface area contributed by atoms with E-state index in [1.54, 1.807) is 6.07 Å². The van der Waals surface area contributed by atoms with E-state index in [1.165, 1.54) is 42.5 Å². The minimum Gasteiger partial charge on any atom is -0.369 e. The molecule has 122 valence electrons. The van der Waals surface area contributed by atoms with Gasteiger partial charge in [0.05, 0.1) is 11.4 Å². The Kier molecular flexibility index (Phi) is 5.35. The molecule has 2 N–H and O–H groups in total. The van der Waals surface area contributed by atoms with Crippen LogP contribution in [0.2, 0.25) is 5.02 Å². The normalized spacial score (nSPS) is 11.6. The summed E-state index contributed by atoms with van der Waals surface area (Å²) in [7, 11) is -4.02. The zero-order valence-electron chi connectivity index (χ0n) is 11.9. The molecule has 0 aliphatic carbocycles. The zero-order valence-corrected chi connectivity index (χ0v) is 13.5. The average Bonchev–Trinajstić information content (AvgIpc) is 2.48. The van der Waals surface area contributed by atoms with Crippen molar-refractivity contribution < 1.29 is 17.6 Å². The zero-order chi connectivity index (χ0) is 17.0. The molecule has 0 saturated heterocycles. The van der Waals surface area contributed by atoms with Gasteiger partial charge in [-0.1, -0.05) is 29.8 Å². The number of sulfonamides is 1. The number of hydrogen-bond donors (Lipinski definition) is 1. The van der Waals surface area contributed by atoms with Crippen LogP contribution in [0.25, 0.3) is 0 Å². The second-order valence-corrected chi connectivity index (χ2v) is 7.16. The number of hydrogen-bond acceptors (Lipinski definition) is 3. The van der Waals surface area contributed by atoms with Crippen molar-refractivity contribution in [1.29, 1.82) is 0 Å². The first kappa shape index (κ1) is 17.4. The van der Waals surface area contributed by atoms with E-state index in [4.69, 9.17) is 17.3 Å². The van der Waals surface area contributed by atoms with Crippen LogP contribution < -0.4 is 5.73 Å². The van der Waals surface area contributed by atoms with E-state index < -0.39 is 28.3 Å². The standard InChI is InChI=1S/C15H14ClFN2O3S/c16-12-5-7-13(8-6-12)23(21,22)19(10-15(18)20)9-11-3-1-2-4-14(11)17/h1-8H,9-10H2,(H2,18,20). The lowest BCUT2D eigenvalue weighted by Crippen LogP contribution is -2.38. The number of benzene rings is 2. The Morgan fingerprint density at radius 2 is 1.74 bits per heavy atom. The molecular weight excluding hydrogens is 343 g/mol. The van der Waals surface area contributed by atoms with Crippen LogP contribution in [0.4, 0.5) is 4.39 Å². The van der Waals surface area contributed by atoms with E-state index in [9.17, 15) is 17.6 Å². The molecule has 2 aromatic rings. The van der Waals surface area contributed by atoms with Crippen molar-refractivity contribution in [3.05, 3.63) is 64.9 Å². The number of nitrogens with zero attached hydrogens (tertiary/aromatic N) is 1. The summed E-state index contributed by atoms with van der Waals surface area (Å²) in [5.74, 6) is -1.40. The quantitative estimate of drug-likeness (QED) is 0.861. The van der Waals surface area contributed by atoms with Crippen molar-refractivity contribution >= 4 is 27.5 Å². The summed E-state index contributed by atoms with van der Waals surface area (Å²) in [5.41, 5.74) is 5.27. The van der Waals surface area contributed by atoms with Crippen molar-refractivity contribution in [1.82, 2.24) is 4.31 Å². The number of carbonyl (C=O) groups is 1. The van der Waals surface area contributed by atoms with Gasteiger partial charge in [-0.2, -0.15) is 4.31 Å². The molecule has 2 aromatic carbocycles. The highest BCUT2D eigenvalue weighted by Crippen LogP contribution is 2.21. The molecule has 8 heteroatoms. The number of rotatable bonds is 6. The SMILES string of the molecule is NC(=O)CN(Cc1ccccc1F)S(=O)(=O)c1ccc(Cl)cc1. The first-order chi connectivity index (χ1) is 10.8. The first-order valence-corrected chi connectivity index (χ1v) is 8.40. The van der Waals surface area contributed by atoms with Gasteiger partial charge in [-0.15, -0.1) is 0 Å². The van der Waals surface area contributed by atoms with Crippen LogP contribution in [-0.4, -0.2) is 25.2 Å². The highest BCUT2D eigenvalue weighted by Gasteiger charge is 2.26. The molecule has 0 atom stereocenters. The Hall–Kier alpha value is -1.96. The van der Waals surface area contributed by atoms with Crippen LogP contribution in [0.1, 0.15) is 5.56 Å². The molecule has 0 bridgehead atoms. The van der Waals surface area contributed by atoms with Crippen LogP contribution in [0.15, 0.2) is 53.4 Å². The summed E-state index contributed by atoms with van der Waals surface area (Å²) in [6.45, 7) is -0.861. The van der Waals surface area contributed by atoms with Gasteiger partial charge in [-0.3, -0.25) is 4.79 Å². The van der Waals surface area contributed by atoms with E-state index in [-0.39, 0.29) is 17.0 Å². The fourth-order valence-electron chi connectivity index (χ4n) is 1.97. The lowest BCUT2D eigenvalue weighted by Gasteiger charge is -2.21. The molecule has 0 aliphatic heterocycles. The average molecular weight is 357 g/mol. The highest BCUT2D eigenvalue weighted by atomic mass is 35.5. The number of primary amides is 1. The minimum absolute atomic E-state index is 0.0560. The number of halogens is 2. The number of amides is 1. The Bertz CT molecular complexity index is 810. The molecule has 0 unspecified atom stereocenters. The highest BCUT2D eigenvalue weighted by molar-refractivity contribution is 7.89. The third-order valence-corrected chi connectivity index (χ3v) is 5.15. The third kappa shape index (κ3) is 4.28. The van der Waals surface area contributed by atoms with Gasteiger partial charge >= 0.3 is 0 Å². The van der Waals surface area contributed by atoms with Gasteiger partial charge in [0.2, 0.25) is 15.9 Å². The monoisotopic (exact) mass is 356 g/mol. The summed E-state index contributed by atoms with van der Waals surface area (Å²) in [4.78, 5) is 11.2. The fourth-order valence-corrected chi connectivity index (χ4v) is 3.48. The molecule has 0 aromatic heterocycles. The molecule has 5 nitrogen and oxygen atoms in total. The van der Waals surface area contributed by atoms with Gasteiger partial charge in [0, 0.05) is 17.1 Å². The van der Waals surface area contributed by atoms with Gasteiger partial charge in [0.15, 0.2) is 0 Å². The third-order valence-electron chi connectivity index (χ3n) is 3.09. The van der Waals surface area contributed by atoms with Crippen molar-refractivity contribution in [2.75, 3.05) is 6.54 Å². The smallest absolute Gasteiger partial charge is 0.243 e. The maximum Gasteiger partial charge on any atom is 0.243 e. The molecular formula is C15H14ClFN2O3S. The van der Waals surface area contributed by atoms with Crippen molar-refractivity contribution in [2.45, 2.75) is 11.4 Å². The predicted molar refractivity (Wildman–Crippen MR) is 84.6 cm³/mol. The molecule has 2 rings (SSSR count). The minimum atomic E-state index is -4.02. The van der Waals surface area contributed by atoms with Crippen LogP contribution in [0.5, 0.6) is 0 Å². The van der Waals surface area contributed by atoms with Crippen LogP contribution in [0.3, 0.4) is 0 Å². The van der Waals surface area contributed by atoms with E-state index in [1.807, 2.05) is 0 Å². The summed E-state index contributed by atoms with van der Waals surface area (Å²) in [5, 5.41) is 0.375. The predicted octanol–water partition coefficient (Wildman–Crippen LogP) is 2.16. The number of nitrogens with two attached hydrogens (primary N) is 1. The van der Waals surface area contributed by atoms with E-state index in [2.05, 4.69) is 0 Å². The Labute approximate surface area is 138 Å². The van der Waals surface area contributed by atoms with Crippen molar-refractivity contribution in [3.63, 3.8) is 0 Å².